The zero-order valence-electron chi connectivity index (χ0n) is 18.3. The molecule has 1 saturated heterocycles. The van der Waals surface area contributed by atoms with Gasteiger partial charge < -0.3 is 10.5 Å². The molecular weight excluding hydrogens is 448 g/mol. The van der Waals surface area contributed by atoms with E-state index in [0.29, 0.717) is 22.9 Å². The van der Waals surface area contributed by atoms with Gasteiger partial charge in [0.1, 0.15) is 17.5 Å². The lowest BCUT2D eigenvalue weighted by Crippen LogP contribution is -2.47. The molecule has 1 heterocycles. The van der Waals surface area contributed by atoms with E-state index in [0.717, 1.165) is 33.4 Å². The van der Waals surface area contributed by atoms with E-state index in [-0.39, 0.29) is 10.8 Å². The first-order chi connectivity index (χ1) is 15.1. The second kappa shape index (κ2) is 9.79. The van der Waals surface area contributed by atoms with Gasteiger partial charge in [0, 0.05) is 5.02 Å². The molecule has 32 heavy (non-hydrogen) atoms. The fourth-order valence-corrected chi connectivity index (χ4v) is 4.41. The highest BCUT2D eigenvalue weighted by molar-refractivity contribution is 8.18. The van der Waals surface area contributed by atoms with Crippen LogP contribution in [0.5, 0.6) is 11.5 Å². The summed E-state index contributed by atoms with van der Waals surface area (Å²) >= 11 is 7.01. The third kappa shape index (κ3) is 5.34. The minimum absolute atomic E-state index is 0.104. The van der Waals surface area contributed by atoms with Gasteiger partial charge in [-0.25, -0.2) is 0 Å². The number of ether oxygens (including phenoxy) is 1. The molecule has 2 N–H and O–H groups in total. The number of imide groups is 1. The molecule has 168 valence electrons. The van der Waals surface area contributed by atoms with Crippen LogP contribution in [0.25, 0.3) is 6.08 Å². The number of benzene rings is 2. The van der Waals surface area contributed by atoms with Crippen molar-refractivity contribution in [3.63, 3.8) is 0 Å². The molecule has 6 nitrogen and oxygen atoms in total. The maximum absolute atomic E-state index is 12.8. The second-order valence-corrected chi connectivity index (χ2v) is 9.51. The third-order valence-electron chi connectivity index (χ3n) is 4.98. The standard InChI is InChI=1S/C24H25ClN2O4S/c1-13(2)9-19(22(26)28)27-23(29)20(32-24(27)30)12-16-5-7-17(8-6-16)31-18-10-14(3)21(25)15(4)11-18/h5-8,10-13,19H,9H2,1-4H3,(H2,26,28)/b20-12-/t19-/m0/s1. The average molecular weight is 473 g/mol. The van der Waals surface area contributed by atoms with Crippen molar-refractivity contribution in [3.05, 3.63) is 63.0 Å². The van der Waals surface area contributed by atoms with Crippen LogP contribution in [0.15, 0.2) is 41.3 Å². The van der Waals surface area contributed by atoms with Crippen LogP contribution in [0.4, 0.5) is 4.79 Å². The van der Waals surface area contributed by atoms with E-state index in [1.54, 1.807) is 30.3 Å². The molecule has 0 saturated carbocycles. The van der Waals surface area contributed by atoms with Crippen LogP contribution in [0.3, 0.4) is 0 Å². The predicted molar refractivity (Wildman–Crippen MR) is 128 cm³/mol. The molecule has 0 aromatic heterocycles. The van der Waals surface area contributed by atoms with Gasteiger partial charge in [-0.3, -0.25) is 19.3 Å². The Kier molecular flexibility index (Phi) is 7.31. The highest BCUT2D eigenvalue weighted by Gasteiger charge is 2.42. The Labute approximate surface area is 196 Å². The Bertz CT molecular complexity index is 1070. The van der Waals surface area contributed by atoms with Crippen molar-refractivity contribution in [2.75, 3.05) is 0 Å². The van der Waals surface area contributed by atoms with E-state index in [9.17, 15) is 14.4 Å². The zero-order valence-corrected chi connectivity index (χ0v) is 19.9. The number of nitrogens with zero attached hydrogens (tertiary/aromatic N) is 1. The molecule has 0 aliphatic carbocycles. The smallest absolute Gasteiger partial charge is 0.294 e. The van der Waals surface area contributed by atoms with Gasteiger partial charge in [0.15, 0.2) is 0 Å². The summed E-state index contributed by atoms with van der Waals surface area (Å²) in [6, 6.07) is 9.92. The Balaban J connectivity index is 1.77. The number of halogens is 1. The Morgan fingerprint density at radius 2 is 1.72 bits per heavy atom. The van der Waals surface area contributed by atoms with E-state index in [2.05, 4.69) is 0 Å². The van der Waals surface area contributed by atoms with Crippen molar-refractivity contribution < 1.29 is 19.1 Å². The van der Waals surface area contributed by atoms with E-state index in [1.165, 1.54) is 0 Å². The average Bonchev–Trinajstić information content (AvgIpc) is 2.98. The summed E-state index contributed by atoms with van der Waals surface area (Å²) < 4.78 is 5.90. The maximum atomic E-state index is 12.8. The van der Waals surface area contributed by atoms with Crippen molar-refractivity contribution in [3.8, 4) is 11.5 Å². The number of primary amides is 1. The summed E-state index contributed by atoms with van der Waals surface area (Å²) in [5, 5.41) is 0.229. The van der Waals surface area contributed by atoms with Gasteiger partial charge in [-0.2, -0.15) is 0 Å². The molecule has 0 unspecified atom stereocenters. The quantitative estimate of drug-likeness (QED) is 0.523. The third-order valence-corrected chi connectivity index (χ3v) is 6.46. The van der Waals surface area contributed by atoms with Crippen LogP contribution < -0.4 is 10.5 Å². The van der Waals surface area contributed by atoms with Gasteiger partial charge in [-0.15, -0.1) is 0 Å². The van der Waals surface area contributed by atoms with Gasteiger partial charge in [0.2, 0.25) is 5.91 Å². The van der Waals surface area contributed by atoms with Crippen molar-refractivity contribution in [1.29, 1.82) is 0 Å². The van der Waals surface area contributed by atoms with Crippen LogP contribution in [-0.4, -0.2) is 28.0 Å². The van der Waals surface area contributed by atoms with Crippen molar-refractivity contribution in [1.82, 2.24) is 4.90 Å². The van der Waals surface area contributed by atoms with Gasteiger partial charge in [-0.05, 0) is 85.0 Å². The Morgan fingerprint density at radius 3 is 2.25 bits per heavy atom. The molecule has 2 aromatic carbocycles. The Hall–Kier alpha value is -2.77. The lowest BCUT2D eigenvalue weighted by Gasteiger charge is -2.23. The summed E-state index contributed by atoms with van der Waals surface area (Å²) in [7, 11) is 0. The first-order valence-electron chi connectivity index (χ1n) is 10.2. The van der Waals surface area contributed by atoms with Gasteiger partial charge in [0.25, 0.3) is 11.1 Å². The fraction of sp³-hybridized carbons (Fsp3) is 0.292. The lowest BCUT2D eigenvalue weighted by molar-refractivity contribution is -0.132. The molecule has 8 heteroatoms. The second-order valence-electron chi connectivity index (χ2n) is 8.14. The van der Waals surface area contributed by atoms with E-state index < -0.39 is 23.1 Å². The number of amides is 3. The molecule has 1 aliphatic heterocycles. The molecule has 0 radical (unpaired) electrons. The van der Waals surface area contributed by atoms with Crippen LogP contribution in [-0.2, 0) is 9.59 Å². The molecule has 3 amide bonds. The summed E-state index contributed by atoms with van der Waals surface area (Å²) in [6.45, 7) is 7.65. The molecule has 1 fully saturated rings. The monoisotopic (exact) mass is 472 g/mol. The number of carbonyl (C=O) groups excluding carboxylic acids is 3. The summed E-state index contributed by atoms with van der Waals surface area (Å²) in [5.41, 5.74) is 8.05. The van der Waals surface area contributed by atoms with Gasteiger partial charge >= 0.3 is 0 Å². The van der Waals surface area contributed by atoms with Crippen molar-refractivity contribution in [2.24, 2.45) is 11.7 Å². The molecule has 0 bridgehead atoms. The minimum Gasteiger partial charge on any atom is -0.457 e. The van der Waals surface area contributed by atoms with E-state index in [1.807, 2.05) is 39.8 Å². The maximum Gasteiger partial charge on any atom is 0.294 e. The molecule has 1 aliphatic rings. The number of hydrogen-bond acceptors (Lipinski definition) is 5. The topological polar surface area (TPSA) is 89.7 Å². The number of thioether (sulfide) groups is 1. The predicted octanol–water partition coefficient (Wildman–Crippen LogP) is 5.69. The normalized spacial score (nSPS) is 16.2. The molecule has 2 aromatic rings. The highest BCUT2D eigenvalue weighted by Crippen LogP contribution is 2.35. The van der Waals surface area contributed by atoms with Gasteiger partial charge in [0.05, 0.1) is 4.91 Å². The SMILES string of the molecule is Cc1cc(Oc2ccc(/C=C3\SC(=O)N([C@@H](CC(C)C)C(N)=O)C3=O)cc2)cc(C)c1Cl. The van der Waals surface area contributed by atoms with Crippen LogP contribution in [0.1, 0.15) is 37.0 Å². The molecule has 3 rings (SSSR count). The molecule has 0 spiro atoms. The first-order valence-corrected chi connectivity index (χ1v) is 11.4. The lowest BCUT2D eigenvalue weighted by atomic mass is 10.0. The summed E-state index contributed by atoms with van der Waals surface area (Å²) in [4.78, 5) is 38.3. The first kappa shape index (κ1) is 23.9. The molecule has 1 atom stereocenters. The van der Waals surface area contributed by atoms with Crippen LogP contribution in [0.2, 0.25) is 5.02 Å². The van der Waals surface area contributed by atoms with Crippen molar-refractivity contribution >= 4 is 46.5 Å². The highest BCUT2D eigenvalue weighted by atomic mass is 35.5. The van der Waals surface area contributed by atoms with Gasteiger partial charge in [-0.1, -0.05) is 37.6 Å². The zero-order chi connectivity index (χ0) is 23.6. The van der Waals surface area contributed by atoms with Crippen LogP contribution >= 0.6 is 23.4 Å². The Morgan fingerprint density at radius 1 is 1.12 bits per heavy atom. The summed E-state index contributed by atoms with van der Waals surface area (Å²) in [6.07, 6.45) is 1.95. The fourth-order valence-electron chi connectivity index (χ4n) is 3.43. The van der Waals surface area contributed by atoms with Crippen molar-refractivity contribution in [2.45, 2.75) is 40.2 Å². The number of hydrogen-bond donors (Lipinski definition) is 1. The van der Waals surface area contributed by atoms with E-state index >= 15 is 0 Å². The molecular formula is C24H25ClN2O4S. The number of rotatable bonds is 7. The largest absolute Gasteiger partial charge is 0.457 e. The van der Waals surface area contributed by atoms with E-state index in [4.69, 9.17) is 22.1 Å². The van der Waals surface area contributed by atoms with Crippen LogP contribution in [0, 0.1) is 19.8 Å². The summed E-state index contributed by atoms with van der Waals surface area (Å²) in [5.74, 6) is 0.225. The number of nitrogens with two attached hydrogens (primary N) is 1. The number of carbonyl (C=O) groups is 3. The number of aryl methyl sites for hydroxylation is 2. The minimum atomic E-state index is -0.949.